The molecule has 0 fully saturated rings. The fourth-order valence-electron chi connectivity index (χ4n) is 2.34. The van der Waals surface area contributed by atoms with Crippen molar-refractivity contribution >= 4 is 11.4 Å². The van der Waals surface area contributed by atoms with Gasteiger partial charge in [0.15, 0.2) is 0 Å². The predicted octanol–water partition coefficient (Wildman–Crippen LogP) is 0.990. The van der Waals surface area contributed by atoms with Gasteiger partial charge in [-0.1, -0.05) is 36.2 Å². The van der Waals surface area contributed by atoms with Crippen LogP contribution in [0.15, 0.2) is 49.8 Å². The second-order valence-corrected chi connectivity index (χ2v) is 5.16. The molecular formula is C16H14N8Pt. The van der Waals surface area contributed by atoms with Crippen LogP contribution in [0.3, 0.4) is 0 Å². The number of anilines is 2. The van der Waals surface area contributed by atoms with E-state index < -0.39 is 0 Å². The van der Waals surface area contributed by atoms with E-state index in [9.17, 15) is 0 Å². The average molecular weight is 513 g/mol. The molecule has 0 N–H and O–H groups in total. The zero-order valence-corrected chi connectivity index (χ0v) is 15.4. The third-order valence-electron chi connectivity index (χ3n) is 3.56. The Hall–Kier alpha value is -2.47. The van der Waals surface area contributed by atoms with Gasteiger partial charge in [-0.3, -0.25) is 0 Å². The van der Waals surface area contributed by atoms with Crippen molar-refractivity contribution in [2.75, 3.05) is 22.9 Å². The van der Waals surface area contributed by atoms with Gasteiger partial charge >= 0.3 is 21.1 Å². The topological polar surface area (TPSA) is 64.5 Å². The number of rotatable bonds is 5. The monoisotopic (exact) mass is 513 g/mol. The summed E-state index contributed by atoms with van der Waals surface area (Å²) in [6.45, 7) is 5.66. The van der Waals surface area contributed by atoms with Crippen LogP contribution in [0.5, 0.6) is 0 Å². The van der Waals surface area contributed by atoms with Crippen molar-refractivity contribution in [3.8, 4) is 0 Å². The molecule has 0 saturated carbocycles. The van der Waals surface area contributed by atoms with Crippen LogP contribution in [0.1, 0.15) is 0 Å². The molecule has 9 heteroatoms. The van der Waals surface area contributed by atoms with Gasteiger partial charge in [-0.25, -0.2) is 0 Å². The van der Waals surface area contributed by atoms with Crippen molar-refractivity contribution in [1.82, 2.24) is 29.7 Å². The molecule has 128 valence electrons. The molecule has 0 saturated heterocycles. The smallest absolute Gasteiger partial charge is 0.507 e. The van der Waals surface area contributed by atoms with Gasteiger partial charge in [0, 0.05) is 13.1 Å². The van der Waals surface area contributed by atoms with E-state index in [0.29, 0.717) is 0 Å². The number of aromatic nitrogens is 4. The normalized spacial score (nSPS) is 15.8. The molecule has 2 aromatic rings. The van der Waals surface area contributed by atoms with Crippen molar-refractivity contribution in [1.29, 1.82) is 0 Å². The Morgan fingerprint density at radius 1 is 0.760 bits per heavy atom. The Kier molecular flexibility index (Phi) is 5.60. The largest absolute Gasteiger partial charge is 4.00 e. The van der Waals surface area contributed by atoms with Crippen LogP contribution < -0.4 is 9.80 Å². The van der Waals surface area contributed by atoms with Crippen LogP contribution in [-0.2, 0) is 21.1 Å². The average Bonchev–Trinajstić information content (AvgIpc) is 3.31. The van der Waals surface area contributed by atoms with E-state index >= 15 is 0 Å². The molecule has 0 atom stereocenters. The quantitative estimate of drug-likeness (QED) is 0.549. The van der Waals surface area contributed by atoms with Crippen LogP contribution in [0.4, 0.5) is 11.4 Å². The molecule has 2 aliphatic rings. The Labute approximate surface area is 160 Å². The van der Waals surface area contributed by atoms with Crippen LogP contribution in [0.2, 0.25) is 0 Å². The third-order valence-corrected chi connectivity index (χ3v) is 3.56. The van der Waals surface area contributed by atoms with E-state index in [1.54, 1.807) is 12.4 Å². The van der Waals surface area contributed by atoms with Gasteiger partial charge in [0.05, 0.1) is 0 Å². The summed E-state index contributed by atoms with van der Waals surface area (Å²) in [5.74, 6) is 0. The van der Waals surface area contributed by atoms with E-state index in [2.05, 4.69) is 42.1 Å². The SMILES string of the molecule is [Pt+4].[c-]1ncncc1N1C=CN(CCN2C=CN(c3[c-]ncnc3)[CH-]2)[CH-]1. The summed E-state index contributed by atoms with van der Waals surface area (Å²) in [7, 11) is 0. The Balaban J connectivity index is 0.00000182. The molecule has 0 spiro atoms. The zero-order valence-electron chi connectivity index (χ0n) is 13.1. The van der Waals surface area contributed by atoms with Crippen molar-refractivity contribution in [2.24, 2.45) is 0 Å². The maximum absolute atomic E-state index is 4.00. The molecule has 4 rings (SSSR count). The van der Waals surface area contributed by atoms with Crippen molar-refractivity contribution in [2.45, 2.75) is 0 Å². The fourth-order valence-corrected chi connectivity index (χ4v) is 2.34. The molecule has 0 unspecified atom stereocenters. The Morgan fingerprint density at radius 3 is 1.64 bits per heavy atom. The minimum absolute atomic E-state index is 0. The first-order chi connectivity index (χ1) is 11.9. The Bertz CT molecular complexity index is 660. The van der Waals surface area contributed by atoms with Gasteiger partial charge in [-0.15, -0.1) is 0 Å². The van der Waals surface area contributed by atoms with Gasteiger partial charge in [0.1, 0.15) is 0 Å². The van der Waals surface area contributed by atoms with E-state index in [4.69, 9.17) is 0 Å². The van der Waals surface area contributed by atoms with Crippen LogP contribution in [0, 0.1) is 25.7 Å². The molecule has 2 aliphatic heterocycles. The van der Waals surface area contributed by atoms with Crippen molar-refractivity contribution in [3.63, 3.8) is 0 Å². The van der Waals surface area contributed by atoms with Crippen LogP contribution >= 0.6 is 0 Å². The van der Waals surface area contributed by atoms with Gasteiger partial charge < -0.3 is 39.5 Å². The van der Waals surface area contributed by atoms with E-state index in [0.717, 1.165) is 24.5 Å². The van der Waals surface area contributed by atoms with Gasteiger partial charge in [0.25, 0.3) is 0 Å². The summed E-state index contributed by atoms with van der Waals surface area (Å²) in [6, 6.07) is 0. The predicted molar refractivity (Wildman–Crippen MR) is 87.0 cm³/mol. The molecule has 0 aliphatic carbocycles. The van der Waals surface area contributed by atoms with Crippen LogP contribution in [0.25, 0.3) is 0 Å². The molecule has 0 aromatic carbocycles. The maximum Gasteiger partial charge on any atom is 4.00 e. The summed E-state index contributed by atoms with van der Waals surface area (Å²) in [4.78, 5) is 23.9. The summed E-state index contributed by atoms with van der Waals surface area (Å²) < 4.78 is 0. The van der Waals surface area contributed by atoms with Crippen molar-refractivity contribution in [3.05, 3.63) is 75.6 Å². The third kappa shape index (κ3) is 4.14. The Morgan fingerprint density at radius 2 is 1.24 bits per heavy atom. The van der Waals surface area contributed by atoms with E-state index in [1.807, 2.05) is 47.9 Å². The van der Waals surface area contributed by atoms with E-state index in [-0.39, 0.29) is 21.1 Å². The number of hydrogen-bond acceptors (Lipinski definition) is 8. The molecule has 2 aromatic heterocycles. The fraction of sp³-hybridized carbons (Fsp3) is 0.125. The molecule has 0 bridgehead atoms. The molecule has 8 nitrogen and oxygen atoms in total. The molecular weight excluding hydrogens is 499 g/mol. The first-order valence-corrected chi connectivity index (χ1v) is 7.39. The molecule has 0 amide bonds. The maximum atomic E-state index is 4.00. The molecule has 4 heterocycles. The summed E-state index contributed by atoms with van der Waals surface area (Å²) in [5.41, 5.74) is 1.63. The van der Waals surface area contributed by atoms with Crippen LogP contribution in [-0.4, -0.2) is 42.8 Å². The second-order valence-electron chi connectivity index (χ2n) is 5.16. The summed E-state index contributed by atoms with van der Waals surface area (Å²) in [6.07, 6.45) is 20.1. The van der Waals surface area contributed by atoms with Gasteiger partial charge in [0.2, 0.25) is 0 Å². The van der Waals surface area contributed by atoms with Crippen molar-refractivity contribution < 1.29 is 21.1 Å². The first-order valence-electron chi connectivity index (χ1n) is 7.39. The number of hydrogen-bond donors (Lipinski definition) is 0. The first kappa shape index (κ1) is 17.4. The zero-order chi connectivity index (χ0) is 16.2. The number of nitrogens with zero attached hydrogens (tertiary/aromatic N) is 8. The molecule has 25 heavy (non-hydrogen) atoms. The summed E-state index contributed by atoms with van der Waals surface area (Å²) >= 11 is 0. The second kappa shape index (κ2) is 8.07. The van der Waals surface area contributed by atoms with Gasteiger partial charge in [-0.2, -0.15) is 13.3 Å². The minimum Gasteiger partial charge on any atom is -0.507 e. The van der Waals surface area contributed by atoms with E-state index in [1.165, 1.54) is 12.7 Å². The van der Waals surface area contributed by atoms with Gasteiger partial charge in [-0.05, 0) is 37.5 Å². The minimum atomic E-state index is 0. The molecule has 0 radical (unpaired) electrons. The standard InChI is InChI=1S/C16H14N8.Pt/c1(21-3-5-23(13-21)15-7-17-11-18-8-15)2-22-4-6-24(14-22)16-9-19-12-20-10-16;/h3-7,9,11-14H,1-2H2;/q-4;+4. The summed E-state index contributed by atoms with van der Waals surface area (Å²) in [5, 5.41) is 0.